The van der Waals surface area contributed by atoms with Crippen LogP contribution in [0.2, 0.25) is 0 Å². The van der Waals surface area contributed by atoms with Gasteiger partial charge in [0.1, 0.15) is 22.6 Å². The minimum atomic E-state index is -0.519. The Morgan fingerprint density at radius 3 is 2.54 bits per heavy atom. The van der Waals surface area contributed by atoms with Gasteiger partial charge in [-0.2, -0.15) is 0 Å². The molecule has 1 aliphatic heterocycles. The number of ether oxygens (including phenoxy) is 2. The number of amides is 1. The monoisotopic (exact) mass is 516 g/mol. The lowest BCUT2D eigenvalue weighted by Gasteiger charge is -2.30. The average molecular weight is 517 g/mol. The number of benzene rings is 2. The summed E-state index contributed by atoms with van der Waals surface area (Å²) < 4.78 is 11.7. The summed E-state index contributed by atoms with van der Waals surface area (Å²) in [5.74, 6) is 0.797. The summed E-state index contributed by atoms with van der Waals surface area (Å²) in [7, 11) is 0. The summed E-state index contributed by atoms with van der Waals surface area (Å²) in [4.78, 5) is 25.7. The molecule has 7 nitrogen and oxygen atoms in total. The molecule has 1 amide bonds. The van der Waals surface area contributed by atoms with Gasteiger partial charge in [0.05, 0.1) is 31.2 Å². The predicted octanol–water partition coefficient (Wildman–Crippen LogP) is 6.35. The minimum absolute atomic E-state index is 0.0829. The van der Waals surface area contributed by atoms with E-state index < -0.39 is 5.60 Å². The van der Waals surface area contributed by atoms with E-state index in [9.17, 15) is 4.79 Å². The van der Waals surface area contributed by atoms with E-state index in [1.54, 1.807) is 22.6 Å². The van der Waals surface area contributed by atoms with Gasteiger partial charge in [0, 0.05) is 11.4 Å². The van der Waals surface area contributed by atoms with Gasteiger partial charge in [0.15, 0.2) is 0 Å². The fourth-order valence-electron chi connectivity index (χ4n) is 4.46. The maximum absolute atomic E-state index is 12.7. The molecule has 0 spiro atoms. The molecule has 2 aromatic carbocycles. The number of rotatable bonds is 7. The Balaban J connectivity index is 1.38. The van der Waals surface area contributed by atoms with Crippen LogP contribution in [0.4, 0.5) is 10.6 Å². The standard InChI is InChI=1S/C29H32N4O3S/c1-29(2,3)36-28(34)33-15-14-22-24(16-33)37-27-25(22)26(30-19-31-27)32-23(21-12-8-5-9-13-21)18-35-17-20-10-6-4-7-11-20/h4-13,19,23H,14-18H2,1-3H3,(H,30,31,32). The number of carbonyl (C=O) groups excluding carboxylic acids is 1. The molecule has 0 fully saturated rings. The highest BCUT2D eigenvalue weighted by atomic mass is 32.1. The number of nitrogens with zero attached hydrogens (tertiary/aromatic N) is 3. The molecule has 4 aromatic rings. The normalized spacial score (nSPS) is 14.3. The molecule has 8 heteroatoms. The van der Waals surface area contributed by atoms with Crippen molar-refractivity contribution in [2.75, 3.05) is 18.5 Å². The summed E-state index contributed by atoms with van der Waals surface area (Å²) in [5, 5.41) is 4.69. The van der Waals surface area contributed by atoms with Crippen LogP contribution in [0, 0.1) is 0 Å². The summed E-state index contributed by atoms with van der Waals surface area (Å²) in [6.07, 6.45) is 2.06. The van der Waals surface area contributed by atoms with Crippen LogP contribution in [-0.2, 0) is 29.0 Å². The number of nitrogens with one attached hydrogen (secondary N) is 1. The van der Waals surface area contributed by atoms with Crippen molar-refractivity contribution in [1.82, 2.24) is 14.9 Å². The summed E-state index contributed by atoms with van der Waals surface area (Å²) >= 11 is 1.62. The molecule has 2 aromatic heterocycles. The van der Waals surface area contributed by atoms with Crippen LogP contribution in [0.1, 0.15) is 48.4 Å². The second-order valence-electron chi connectivity index (χ2n) is 10.2. The largest absolute Gasteiger partial charge is 0.444 e. The molecular weight excluding hydrogens is 484 g/mol. The quantitative estimate of drug-likeness (QED) is 0.308. The van der Waals surface area contributed by atoms with Gasteiger partial charge >= 0.3 is 6.09 Å². The molecule has 3 heterocycles. The topological polar surface area (TPSA) is 76.6 Å². The van der Waals surface area contributed by atoms with Crippen LogP contribution < -0.4 is 5.32 Å². The van der Waals surface area contributed by atoms with Crippen LogP contribution in [0.15, 0.2) is 67.0 Å². The second-order valence-corrected chi connectivity index (χ2v) is 11.3. The van der Waals surface area contributed by atoms with Crippen LogP contribution >= 0.6 is 11.3 Å². The van der Waals surface area contributed by atoms with Crippen molar-refractivity contribution in [2.24, 2.45) is 0 Å². The Bertz CT molecular complexity index is 1350. The third-order valence-electron chi connectivity index (χ3n) is 6.20. The SMILES string of the molecule is CC(C)(C)OC(=O)N1CCc2c(sc3ncnc(NC(COCc4ccccc4)c4ccccc4)c23)C1. The van der Waals surface area contributed by atoms with Crippen molar-refractivity contribution in [3.05, 3.63) is 88.6 Å². The zero-order chi connectivity index (χ0) is 25.8. The van der Waals surface area contributed by atoms with Crippen LogP contribution in [0.5, 0.6) is 0 Å². The van der Waals surface area contributed by atoms with Gasteiger partial charge in [-0.1, -0.05) is 60.7 Å². The van der Waals surface area contributed by atoms with E-state index in [-0.39, 0.29) is 12.1 Å². The maximum Gasteiger partial charge on any atom is 0.410 e. The molecule has 1 unspecified atom stereocenters. The molecule has 1 aliphatic rings. The zero-order valence-electron chi connectivity index (χ0n) is 21.4. The first-order valence-corrected chi connectivity index (χ1v) is 13.4. The van der Waals surface area contributed by atoms with E-state index in [0.717, 1.165) is 38.5 Å². The number of aromatic nitrogens is 2. The molecule has 0 bridgehead atoms. The maximum atomic E-state index is 12.7. The summed E-state index contributed by atoms with van der Waals surface area (Å²) in [6, 6.07) is 20.4. The van der Waals surface area contributed by atoms with Crippen LogP contribution in [0.3, 0.4) is 0 Å². The van der Waals surface area contributed by atoms with E-state index in [2.05, 4.69) is 39.6 Å². The first-order valence-electron chi connectivity index (χ1n) is 12.5. The Labute approximate surface area is 221 Å². The molecule has 5 rings (SSSR count). The lowest BCUT2D eigenvalue weighted by Crippen LogP contribution is -2.39. The smallest absolute Gasteiger partial charge is 0.410 e. The van der Waals surface area contributed by atoms with E-state index in [4.69, 9.17) is 9.47 Å². The minimum Gasteiger partial charge on any atom is -0.444 e. The van der Waals surface area contributed by atoms with Crippen molar-refractivity contribution in [3.63, 3.8) is 0 Å². The van der Waals surface area contributed by atoms with E-state index in [0.29, 0.717) is 26.3 Å². The Morgan fingerprint density at radius 2 is 1.81 bits per heavy atom. The average Bonchev–Trinajstić information content (AvgIpc) is 3.27. The van der Waals surface area contributed by atoms with Crippen LogP contribution in [0.25, 0.3) is 10.2 Å². The van der Waals surface area contributed by atoms with Crippen LogP contribution in [-0.4, -0.2) is 39.7 Å². The summed E-state index contributed by atoms with van der Waals surface area (Å²) in [6.45, 7) is 7.82. The number of hydrogen-bond donors (Lipinski definition) is 1. The highest BCUT2D eigenvalue weighted by Gasteiger charge is 2.29. The molecule has 0 saturated heterocycles. The fraction of sp³-hybridized carbons (Fsp3) is 0.345. The molecule has 1 N–H and O–H groups in total. The molecule has 0 saturated carbocycles. The van der Waals surface area contributed by atoms with E-state index in [1.165, 1.54) is 5.56 Å². The number of thiophene rings is 1. The summed E-state index contributed by atoms with van der Waals surface area (Å²) in [5.41, 5.74) is 2.96. The van der Waals surface area contributed by atoms with Gasteiger partial charge in [-0.3, -0.25) is 0 Å². The van der Waals surface area contributed by atoms with E-state index in [1.807, 2.05) is 57.2 Å². The number of fused-ring (bicyclic) bond motifs is 3. The fourth-order valence-corrected chi connectivity index (χ4v) is 5.66. The molecule has 192 valence electrons. The van der Waals surface area contributed by atoms with Gasteiger partial charge in [0.25, 0.3) is 0 Å². The van der Waals surface area contributed by atoms with Crippen molar-refractivity contribution < 1.29 is 14.3 Å². The van der Waals surface area contributed by atoms with Gasteiger partial charge in [-0.25, -0.2) is 14.8 Å². The van der Waals surface area contributed by atoms with Gasteiger partial charge in [0.2, 0.25) is 0 Å². The Kier molecular flexibility index (Phi) is 7.39. The van der Waals surface area contributed by atoms with Gasteiger partial charge in [-0.15, -0.1) is 11.3 Å². The number of anilines is 1. The van der Waals surface area contributed by atoms with Crippen molar-refractivity contribution in [1.29, 1.82) is 0 Å². The van der Waals surface area contributed by atoms with Gasteiger partial charge < -0.3 is 19.7 Å². The lowest BCUT2D eigenvalue weighted by molar-refractivity contribution is 0.0227. The van der Waals surface area contributed by atoms with Crippen molar-refractivity contribution >= 4 is 33.5 Å². The molecular formula is C29H32N4O3S. The zero-order valence-corrected chi connectivity index (χ0v) is 22.3. The third-order valence-corrected chi connectivity index (χ3v) is 7.32. The Morgan fingerprint density at radius 1 is 1.08 bits per heavy atom. The van der Waals surface area contributed by atoms with E-state index >= 15 is 0 Å². The van der Waals surface area contributed by atoms with Crippen molar-refractivity contribution in [3.8, 4) is 0 Å². The number of carbonyl (C=O) groups is 1. The first-order chi connectivity index (χ1) is 17.9. The number of hydrogen-bond acceptors (Lipinski definition) is 7. The van der Waals surface area contributed by atoms with Crippen molar-refractivity contribution in [2.45, 2.75) is 52.0 Å². The lowest BCUT2D eigenvalue weighted by atomic mass is 10.0. The predicted molar refractivity (Wildman–Crippen MR) is 147 cm³/mol. The third kappa shape index (κ3) is 6.09. The molecule has 0 aliphatic carbocycles. The first kappa shape index (κ1) is 25.2. The molecule has 0 radical (unpaired) electrons. The molecule has 1 atom stereocenters. The molecule has 37 heavy (non-hydrogen) atoms. The Hall–Kier alpha value is -3.49. The highest BCUT2D eigenvalue weighted by Crippen LogP contribution is 2.38. The van der Waals surface area contributed by atoms with Gasteiger partial charge in [-0.05, 0) is 43.9 Å². The second kappa shape index (κ2) is 10.9. The highest BCUT2D eigenvalue weighted by molar-refractivity contribution is 7.19.